The van der Waals surface area contributed by atoms with Crippen molar-refractivity contribution in [3.05, 3.63) is 58.6 Å². The van der Waals surface area contributed by atoms with Gasteiger partial charge in [-0.1, -0.05) is 29.8 Å². The van der Waals surface area contributed by atoms with Crippen molar-refractivity contribution in [1.29, 1.82) is 0 Å². The molecular weight excluding hydrogens is 288 g/mol. The standard InChI is InChI=1S/C16H17ClN2O2/c1-11-5-6-12(7-15(11)17)9-19-13-3-2-4-14(8-13)21-10-16(18)20/h2-8,19H,9-10H2,1H3,(H2,18,20). The number of ether oxygens (including phenoxy) is 1. The lowest BCUT2D eigenvalue weighted by molar-refractivity contribution is -0.119. The molecule has 0 bridgehead atoms. The Hall–Kier alpha value is -2.20. The number of carbonyl (C=O) groups is 1. The van der Waals surface area contributed by atoms with Crippen molar-refractivity contribution in [3.63, 3.8) is 0 Å². The first kappa shape index (κ1) is 15.2. The van der Waals surface area contributed by atoms with Crippen LogP contribution in [-0.4, -0.2) is 12.5 Å². The van der Waals surface area contributed by atoms with Gasteiger partial charge in [-0.05, 0) is 36.2 Å². The first-order chi connectivity index (χ1) is 10.0. The van der Waals surface area contributed by atoms with Gasteiger partial charge in [-0.15, -0.1) is 0 Å². The maximum Gasteiger partial charge on any atom is 0.255 e. The molecule has 0 fully saturated rings. The van der Waals surface area contributed by atoms with Gasteiger partial charge in [-0.2, -0.15) is 0 Å². The smallest absolute Gasteiger partial charge is 0.255 e. The minimum Gasteiger partial charge on any atom is -0.484 e. The van der Waals surface area contributed by atoms with Gasteiger partial charge in [0.1, 0.15) is 5.75 Å². The summed E-state index contributed by atoms with van der Waals surface area (Å²) >= 11 is 6.10. The number of hydrogen-bond acceptors (Lipinski definition) is 3. The van der Waals surface area contributed by atoms with E-state index in [1.165, 1.54) is 0 Å². The highest BCUT2D eigenvalue weighted by Crippen LogP contribution is 2.20. The van der Waals surface area contributed by atoms with Gasteiger partial charge in [-0.3, -0.25) is 4.79 Å². The first-order valence-electron chi connectivity index (χ1n) is 6.54. The van der Waals surface area contributed by atoms with Crippen LogP contribution in [-0.2, 0) is 11.3 Å². The summed E-state index contributed by atoms with van der Waals surface area (Å²) < 4.78 is 5.26. The lowest BCUT2D eigenvalue weighted by atomic mass is 10.1. The van der Waals surface area contributed by atoms with Crippen LogP contribution in [0, 0.1) is 6.92 Å². The van der Waals surface area contributed by atoms with Crippen molar-refractivity contribution in [2.75, 3.05) is 11.9 Å². The lowest BCUT2D eigenvalue weighted by Crippen LogP contribution is -2.20. The molecule has 2 aromatic rings. The zero-order valence-corrected chi connectivity index (χ0v) is 12.5. The van der Waals surface area contributed by atoms with Gasteiger partial charge < -0.3 is 15.8 Å². The number of carbonyl (C=O) groups excluding carboxylic acids is 1. The number of rotatable bonds is 6. The van der Waals surface area contributed by atoms with Crippen LogP contribution < -0.4 is 15.8 Å². The fourth-order valence-electron chi connectivity index (χ4n) is 1.80. The Morgan fingerprint density at radius 3 is 2.81 bits per heavy atom. The predicted molar refractivity (Wildman–Crippen MR) is 84.6 cm³/mol. The van der Waals surface area contributed by atoms with Gasteiger partial charge in [0, 0.05) is 23.3 Å². The average molecular weight is 305 g/mol. The van der Waals surface area contributed by atoms with Crippen LogP contribution in [0.3, 0.4) is 0 Å². The molecule has 0 aliphatic rings. The maximum atomic E-state index is 10.7. The van der Waals surface area contributed by atoms with Crippen LogP contribution in [0.2, 0.25) is 5.02 Å². The highest BCUT2D eigenvalue weighted by Gasteiger charge is 2.01. The summed E-state index contributed by atoms with van der Waals surface area (Å²) in [4.78, 5) is 10.7. The molecule has 110 valence electrons. The molecule has 0 aliphatic heterocycles. The van der Waals surface area contributed by atoms with Crippen LogP contribution >= 0.6 is 11.6 Å². The fourth-order valence-corrected chi connectivity index (χ4v) is 2.00. The van der Waals surface area contributed by atoms with Crippen molar-refractivity contribution in [2.24, 2.45) is 5.73 Å². The topological polar surface area (TPSA) is 64.3 Å². The molecule has 1 amide bonds. The monoisotopic (exact) mass is 304 g/mol. The number of primary amides is 1. The fraction of sp³-hybridized carbons (Fsp3) is 0.188. The van der Waals surface area contributed by atoms with E-state index in [-0.39, 0.29) is 6.61 Å². The minimum absolute atomic E-state index is 0.128. The number of nitrogens with two attached hydrogens (primary N) is 1. The number of nitrogens with one attached hydrogen (secondary N) is 1. The van der Waals surface area contributed by atoms with E-state index in [1.807, 2.05) is 43.3 Å². The second-order valence-electron chi connectivity index (χ2n) is 4.72. The third-order valence-electron chi connectivity index (χ3n) is 2.95. The van der Waals surface area contributed by atoms with Crippen LogP contribution in [0.25, 0.3) is 0 Å². The summed E-state index contributed by atoms with van der Waals surface area (Å²) in [7, 11) is 0. The normalized spacial score (nSPS) is 10.2. The highest BCUT2D eigenvalue weighted by atomic mass is 35.5. The summed E-state index contributed by atoms with van der Waals surface area (Å²) in [6.07, 6.45) is 0. The number of amides is 1. The summed E-state index contributed by atoms with van der Waals surface area (Å²) in [5.41, 5.74) is 8.09. The molecule has 0 aliphatic carbocycles. The molecule has 2 aromatic carbocycles. The zero-order chi connectivity index (χ0) is 15.2. The van der Waals surface area contributed by atoms with Gasteiger partial charge in [0.2, 0.25) is 0 Å². The average Bonchev–Trinajstić information content (AvgIpc) is 2.47. The van der Waals surface area contributed by atoms with Crippen LogP contribution in [0.5, 0.6) is 5.75 Å². The van der Waals surface area contributed by atoms with Gasteiger partial charge in [-0.25, -0.2) is 0 Å². The molecule has 0 saturated heterocycles. The molecule has 0 heterocycles. The highest BCUT2D eigenvalue weighted by molar-refractivity contribution is 6.31. The molecule has 0 unspecified atom stereocenters. The number of benzene rings is 2. The Bertz CT molecular complexity index is 644. The summed E-state index contributed by atoms with van der Waals surface area (Å²) in [5.74, 6) is 0.100. The van der Waals surface area contributed by atoms with Crippen LogP contribution in [0.15, 0.2) is 42.5 Å². The SMILES string of the molecule is Cc1ccc(CNc2cccc(OCC(N)=O)c2)cc1Cl. The van der Waals surface area contributed by atoms with E-state index in [1.54, 1.807) is 6.07 Å². The molecule has 3 N–H and O–H groups in total. The molecule has 0 saturated carbocycles. The number of anilines is 1. The van der Waals surface area contributed by atoms with E-state index < -0.39 is 5.91 Å². The van der Waals surface area contributed by atoms with E-state index in [2.05, 4.69) is 5.32 Å². The summed E-state index contributed by atoms with van der Waals surface area (Å²) in [6.45, 7) is 2.50. The molecule has 0 spiro atoms. The Kier molecular flexibility index (Phi) is 5.06. The van der Waals surface area contributed by atoms with E-state index in [9.17, 15) is 4.79 Å². The molecule has 2 rings (SSSR count). The van der Waals surface area contributed by atoms with Crippen molar-refractivity contribution in [1.82, 2.24) is 0 Å². The second-order valence-corrected chi connectivity index (χ2v) is 5.13. The van der Waals surface area contributed by atoms with Gasteiger partial charge >= 0.3 is 0 Å². The molecular formula is C16H17ClN2O2. The van der Waals surface area contributed by atoms with E-state index in [0.29, 0.717) is 12.3 Å². The summed E-state index contributed by atoms with van der Waals surface area (Å²) in [6, 6.07) is 13.3. The molecule has 5 heteroatoms. The van der Waals surface area contributed by atoms with Crippen molar-refractivity contribution < 1.29 is 9.53 Å². The maximum absolute atomic E-state index is 10.7. The quantitative estimate of drug-likeness (QED) is 0.862. The van der Waals surface area contributed by atoms with Crippen molar-refractivity contribution in [3.8, 4) is 5.75 Å². The third kappa shape index (κ3) is 4.68. The van der Waals surface area contributed by atoms with Crippen molar-refractivity contribution in [2.45, 2.75) is 13.5 Å². The minimum atomic E-state index is -0.498. The second kappa shape index (κ2) is 6.99. The Labute approximate surface area is 128 Å². The van der Waals surface area contributed by atoms with E-state index in [4.69, 9.17) is 22.1 Å². The summed E-state index contributed by atoms with van der Waals surface area (Å²) in [5, 5.41) is 4.04. The Balaban J connectivity index is 1.97. The molecule has 21 heavy (non-hydrogen) atoms. The Morgan fingerprint density at radius 1 is 1.29 bits per heavy atom. The molecule has 0 aromatic heterocycles. The van der Waals surface area contributed by atoms with Gasteiger partial charge in [0.25, 0.3) is 5.91 Å². The predicted octanol–water partition coefficient (Wildman–Crippen LogP) is 3.12. The van der Waals surface area contributed by atoms with Gasteiger partial charge in [0.15, 0.2) is 6.61 Å². The lowest BCUT2D eigenvalue weighted by Gasteiger charge is -2.10. The molecule has 0 atom stereocenters. The van der Waals surface area contributed by atoms with Crippen LogP contribution in [0.4, 0.5) is 5.69 Å². The number of hydrogen-bond donors (Lipinski definition) is 2. The third-order valence-corrected chi connectivity index (χ3v) is 3.36. The van der Waals surface area contributed by atoms with Crippen molar-refractivity contribution >= 4 is 23.2 Å². The molecule has 0 radical (unpaired) electrons. The van der Waals surface area contributed by atoms with E-state index >= 15 is 0 Å². The zero-order valence-electron chi connectivity index (χ0n) is 11.7. The van der Waals surface area contributed by atoms with E-state index in [0.717, 1.165) is 21.8 Å². The first-order valence-corrected chi connectivity index (χ1v) is 6.92. The Morgan fingerprint density at radius 2 is 2.10 bits per heavy atom. The van der Waals surface area contributed by atoms with Gasteiger partial charge in [0.05, 0.1) is 0 Å². The molecule has 4 nitrogen and oxygen atoms in total. The number of halogens is 1. The van der Waals surface area contributed by atoms with Crippen LogP contribution in [0.1, 0.15) is 11.1 Å². The largest absolute Gasteiger partial charge is 0.484 e. The number of aryl methyl sites for hydroxylation is 1.